The Morgan fingerprint density at radius 3 is 2.20 bits per heavy atom. The van der Waals surface area contributed by atoms with Crippen molar-refractivity contribution < 1.29 is 23.8 Å². The van der Waals surface area contributed by atoms with Crippen LogP contribution in [0.1, 0.15) is 74.7 Å². The van der Waals surface area contributed by atoms with Gasteiger partial charge in [-0.25, -0.2) is 4.79 Å². The number of rotatable bonds is 16. The minimum absolute atomic E-state index is 0.195. The van der Waals surface area contributed by atoms with Crippen molar-refractivity contribution in [2.45, 2.75) is 71.5 Å². The second-order valence-electron chi connectivity index (χ2n) is 11.5. The first-order valence-electron chi connectivity index (χ1n) is 16.2. The van der Waals surface area contributed by atoms with Crippen LogP contribution in [0.2, 0.25) is 0 Å². The molecule has 0 unspecified atom stereocenters. The molecule has 1 aliphatic heterocycles. The quantitative estimate of drug-likeness (QED) is 0.142. The Balaban J connectivity index is 1.27. The number of ether oxygens (including phenoxy) is 3. The summed E-state index contributed by atoms with van der Waals surface area (Å²) in [6.45, 7) is 8.64. The lowest BCUT2D eigenvalue weighted by Gasteiger charge is -2.32. The third-order valence-electron chi connectivity index (χ3n) is 7.81. The molecular weight excluding hydrogens is 568 g/mol. The average molecular weight is 617 g/mol. The standard InChI is InChI=1S/C36H48N4O5/c1-4-6-8-21-37-36(42)39-30-13-18-34(28(25-30)26-43-3)45-32-16-11-29(12-17-32)38-35(41)27-9-14-31(15-10-27)44-33-19-23-40(24-20-33)22-7-5-2/h9-18,25,33H,4-8,19-24,26H2,1-3H3,(H,38,41)(H2,37,39,42). The van der Waals surface area contributed by atoms with Gasteiger partial charge in [0.2, 0.25) is 0 Å². The molecule has 242 valence electrons. The van der Waals surface area contributed by atoms with Gasteiger partial charge in [-0.15, -0.1) is 0 Å². The van der Waals surface area contributed by atoms with Gasteiger partial charge >= 0.3 is 6.03 Å². The summed E-state index contributed by atoms with van der Waals surface area (Å²) in [5.41, 5.74) is 2.67. The summed E-state index contributed by atoms with van der Waals surface area (Å²) < 4.78 is 17.7. The third kappa shape index (κ3) is 11.1. The Labute approximate surface area is 267 Å². The summed E-state index contributed by atoms with van der Waals surface area (Å²) in [5.74, 6) is 1.83. The third-order valence-corrected chi connectivity index (χ3v) is 7.81. The molecule has 0 aliphatic carbocycles. The monoisotopic (exact) mass is 616 g/mol. The smallest absolute Gasteiger partial charge is 0.319 e. The van der Waals surface area contributed by atoms with Crippen molar-refractivity contribution in [2.75, 3.05) is 43.9 Å². The van der Waals surface area contributed by atoms with E-state index in [-0.39, 0.29) is 18.0 Å². The molecular formula is C36H48N4O5. The normalized spacial score (nSPS) is 13.7. The molecule has 1 saturated heterocycles. The number of piperidine rings is 1. The van der Waals surface area contributed by atoms with Crippen LogP contribution in [0.25, 0.3) is 0 Å². The molecule has 4 rings (SSSR count). The Kier molecular flexibility index (Phi) is 13.5. The highest BCUT2D eigenvalue weighted by Gasteiger charge is 2.20. The van der Waals surface area contributed by atoms with Crippen LogP contribution in [-0.4, -0.2) is 56.2 Å². The number of unbranched alkanes of at least 4 members (excludes halogenated alkanes) is 3. The number of nitrogens with one attached hydrogen (secondary N) is 3. The van der Waals surface area contributed by atoms with Crippen molar-refractivity contribution in [3.8, 4) is 17.2 Å². The van der Waals surface area contributed by atoms with Crippen molar-refractivity contribution >= 4 is 23.3 Å². The Morgan fingerprint density at radius 1 is 0.822 bits per heavy atom. The van der Waals surface area contributed by atoms with E-state index in [2.05, 4.69) is 34.7 Å². The van der Waals surface area contributed by atoms with Crippen LogP contribution in [0, 0.1) is 0 Å². The average Bonchev–Trinajstić information content (AvgIpc) is 3.05. The number of benzene rings is 3. The first kappa shape index (κ1) is 33.8. The van der Waals surface area contributed by atoms with Crippen LogP contribution in [0.4, 0.5) is 16.2 Å². The maximum absolute atomic E-state index is 12.9. The van der Waals surface area contributed by atoms with Crippen LogP contribution < -0.4 is 25.4 Å². The Hall–Kier alpha value is -4.08. The number of nitrogens with zero attached hydrogens (tertiary/aromatic N) is 1. The number of methoxy groups -OCH3 is 1. The number of carbonyl (C=O) groups excluding carboxylic acids is 2. The van der Waals surface area contributed by atoms with E-state index in [9.17, 15) is 9.59 Å². The lowest BCUT2D eigenvalue weighted by Crippen LogP contribution is -2.38. The Bertz CT molecular complexity index is 1340. The maximum atomic E-state index is 12.9. The summed E-state index contributed by atoms with van der Waals surface area (Å²) in [6.07, 6.45) is 7.89. The number of anilines is 2. The minimum Gasteiger partial charge on any atom is -0.490 e. The molecule has 9 nitrogen and oxygen atoms in total. The van der Waals surface area contributed by atoms with E-state index in [4.69, 9.17) is 14.2 Å². The van der Waals surface area contributed by atoms with Gasteiger partial charge in [0.15, 0.2) is 0 Å². The van der Waals surface area contributed by atoms with E-state index in [1.165, 1.54) is 19.4 Å². The van der Waals surface area contributed by atoms with E-state index in [0.717, 1.165) is 56.5 Å². The fraction of sp³-hybridized carbons (Fsp3) is 0.444. The van der Waals surface area contributed by atoms with E-state index in [1.54, 1.807) is 55.6 Å². The summed E-state index contributed by atoms with van der Waals surface area (Å²) in [5, 5.41) is 8.68. The van der Waals surface area contributed by atoms with Crippen LogP contribution in [0.5, 0.6) is 17.2 Å². The lowest BCUT2D eigenvalue weighted by atomic mass is 10.1. The van der Waals surface area contributed by atoms with Crippen molar-refractivity contribution in [1.29, 1.82) is 0 Å². The largest absolute Gasteiger partial charge is 0.490 e. The molecule has 45 heavy (non-hydrogen) atoms. The van der Waals surface area contributed by atoms with E-state index in [0.29, 0.717) is 41.6 Å². The molecule has 0 saturated carbocycles. The van der Waals surface area contributed by atoms with Crippen molar-refractivity contribution in [1.82, 2.24) is 10.2 Å². The van der Waals surface area contributed by atoms with Gasteiger partial charge in [0.1, 0.15) is 23.4 Å². The minimum atomic E-state index is -0.237. The van der Waals surface area contributed by atoms with Gasteiger partial charge in [0.25, 0.3) is 5.91 Å². The van der Waals surface area contributed by atoms with Gasteiger partial charge < -0.3 is 35.1 Å². The number of hydrogen-bond donors (Lipinski definition) is 3. The summed E-state index contributed by atoms with van der Waals surface area (Å²) in [6, 6.07) is 19.7. The molecule has 3 aromatic rings. The van der Waals surface area contributed by atoms with E-state index < -0.39 is 0 Å². The Morgan fingerprint density at radius 2 is 1.51 bits per heavy atom. The van der Waals surface area contributed by atoms with Gasteiger partial charge in [-0.3, -0.25) is 4.79 Å². The topological polar surface area (TPSA) is 101 Å². The molecule has 0 atom stereocenters. The molecule has 3 amide bonds. The van der Waals surface area contributed by atoms with Crippen LogP contribution >= 0.6 is 0 Å². The lowest BCUT2D eigenvalue weighted by molar-refractivity contribution is 0.0996. The molecule has 1 heterocycles. The highest BCUT2D eigenvalue weighted by atomic mass is 16.5. The summed E-state index contributed by atoms with van der Waals surface area (Å²) in [7, 11) is 1.61. The maximum Gasteiger partial charge on any atom is 0.319 e. The SMILES string of the molecule is CCCCCNC(=O)Nc1ccc(Oc2ccc(NC(=O)c3ccc(OC4CCN(CCCC)CC4)cc3)cc2)c(COC)c1. The van der Waals surface area contributed by atoms with Gasteiger partial charge in [-0.1, -0.05) is 33.1 Å². The molecule has 9 heteroatoms. The molecule has 3 N–H and O–H groups in total. The van der Waals surface area contributed by atoms with Crippen LogP contribution in [0.15, 0.2) is 66.7 Å². The predicted octanol–water partition coefficient (Wildman–Crippen LogP) is 7.83. The fourth-order valence-electron chi connectivity index (χ4n) is 5.22. The first-order valence-corrected chi connectivity index (χ1v) is 16.2. The number of urea groups is 1. The molecule has 0 bridgehead atoms. The van der Waals surface area contributed by atoms with Gasteiger partial charge in [-0.05, 0) is 99.0 Å². The van der Waals surface area contributed by atoms with Crippen molar-refractivity contribution in [3.63, 3.8) is 0 Å². The number of amides is 3. The van der Waals surface area contributed by atoms with Crippen LogP contribution in [0.3, 0.4) is 0 Å². The van der Waals surface area contributed by atoms with Gasteiger partial charge in [-0.2, -0.15) is 0 Å². The molecule has 0 radical (unpaired) electrons. The zero-order valence-corrected chi connectivity index (χ0v) is 26.9. The highest BCUT2D eigenvalue weighted by Crippen LogP contribution is 2.30. The van der Waals surface area contributed by atoms with Crippen molar-refractivity contribution in [3.05, 3.63) is 77.9 Å². The van der Waals surface area contributed by atoms with E-state index in [1.807, 2.05) is 18.2 Å². The second-order valence-corrected chi connectivity index (χ2v) is 11.5. The second kappa shape index (κ2) is 18.0. The summed E-state index contributed by atoms with van der Waals surface area (Å²) >= 11 is 0. The zero-order chi connectivity index (χ0) is 31.9. The molecule has 1 fully saturated rings. The van der Waals surface area contributed by atoms with Gasteiger partial charge in [0, 0.05) is 49.2 Å². The van der Waals surface area contributed by atoms with Crippen molar-refractivity contribution in [2.24, 2.45) is 0 Å². The molecule has 3 aromatic carbocycles. The predicted molar refractivity (Wildman–Crippen MR) is 180 cm³/mol. The molecule has 0 aromatic heterocycles. The number of hydrogen-bond acceptors (Lipinski definition) is 6. The van der Waals surface area contributed by atoms with Gasteiger partial charge in [0.05, 0.1) is 6.61 Å². The van der Waals surface area contributed by atoms with Crippen LogP contribution in [-0.2, 0) is 11.3 Å². The number of carbonyl (C=O) groups is 2. The molecule has 0 spiro atoms. The molecule has 1 aliphatic rings. The fourth-order valence-corrected chi connectivity index (χ4v) is 5.22. The number of likely N-dealkylation sites (tertiary alicyclic amines) is 1. The highest BCUT2D eigenvalue weighted by molar-refractivity contribution is 6.04. The first-order chi connectivity index (χ1) is 22.0. The summed E-state index contributed by atoms with van der Waals surface area (Å²) in [4.78, 5) is 27.6. The zero-order valence-electron chi connectivity index (χ0n) is 26.9. The van der Waals surface area contributed by atoms with E-state index >= 15 is 0 Å².